The summed E-state index contributed by atoms with van der Waals surface area (Å²) in [6, 6.07) is 0. The van der Waals surface area contributed by atoms with Crippen LogP contribution in [-0.2, 0) is 0 Å². The van der Waals surface area contributed by atoms with Gasteiger partial charge in [-0.3, -0.25) is 9.59 Å². The maximum Gasteiger partial charge on any atom is 0.294 e. The maximum atomic E-state index is 10.8. The molecule has 0 aromatic carbocycles. The summed E-state index contributed by atoms with van der Waals surface area (Å²) in [7, 11) is 0. The first-order valence-corrected chi connectivity index (χ1v) is 4.75. The molecule has 0 atom stereocenters. The van der Waals surface area contributed by atoms with Crippen molar-refractivity contribution >= 4 is 34.6 Å². The van der Waals surface area contributed by atoms with Gasteiger partial charge in [0.05, 0.1) is 0 Å². The Hall–Kier alpha value is -1.54. The van der Waals surface area contributed by atoms with Crippen molar-refractivity contribution in [3.05, 3.63) is 28.1 Å². The molecule has 0 aliphatic carbocycles. The number of aliphatic hydroxyl groups is 4. The van der Waals surface area contributed by atoms with E-state index >= 15 is 0 Å². The molecule has 76 valence electrons. The van der Waals surface area contributed by atoms with E-state index in [0.29, 0.717) is 0 Å². The Morgan fingerprint density at radius 3 is 1.29 bits per heavy atom. The van der Waals surface area contributed by atoms with Gasteiger partial charge in [-0.15, -0.1) is 0 Å². The molecular formula is C6H4O6S2. The Labute approximate surface area is 83.6 Å². The average Bonchev–Trinajstić information content (AvgIpc) is 2.08. The Kier molecular flexibility index (Phi) is 2.77. The number of aliphatic hydroxyl groups excluding tert-OH is 2. The predicted octanol–water partition coefficient (Wildman–Crippen LogP) is -1.11. The van der Waals surface area contributed by atoms with E-state index in [1.54, 1.807) is 0 Å². The molecule has 1 heterocycles. The topological polar surface area (TPSA) is 115 Å². The van der Waals surface area contributed by atoms with Crippen LogP contribution in [0, 0.1) is 0 Å². The lowest BCUT2D eigenvalue weighted by molar-refractivity contribution is 0.291. The highest BCUT2D eigenvalue weighted by Gasteiger charge is 2.05. The van der Waals surface area contributed by atoms with E-state index in [1.165, 1.54) is 0 Å². The molecule has 0 aliphatic rings. The molecule has 0 bridgehead atoms. The Bertz CT molecular complexity index is 519. The third kappa shape index (κ3) is 1.86. The zero-order valence-electron chi connectivity index (χ0n) is 6.42. The van der Waals surface area contributed by atoms with Gasteiger partial charge in [0.25, 0.3) is 21.4 Å². The molecule has 1 aromatic rings. The fourth-order valence-electron chi connectivity index (χ4n) is 0.656. The highest BCUT2D eigenvalue weighted by atomic mass is 32.1. The van der Waals surface area contributed by atoms with E-state index in [-0.39, 0.29) is 22.7 Å². The van der Waals surface area contributed by atoms with Crippen LogP contribution in [-0.4, -0.2) is 20.4 Å². The molecule has 6 nitrogen and oxygen atoms in total. The van der Waals surface area contributed by atoms with Crippen molar-refractivity contribution in [2.75, 3.05) is 0 Å². The SMILES string of the molecule is O=c1sc(=C(O)O)c(=C(O)O)sc1=O. The fraction of sp³-hybridized carbons (Fsp3) is 0. The van der Waals surface area contributed by atoms with Crippen LogP contribution < -0.4 is 18.5 Å². The van der Waals surface area contributed by atoms with Gasteiger partial charge in [-0.25, -0.2) is 0 Å². The highest BCUT2D eigenvalue weighted by Crippen LogP contribution is 1.80. The molecule has 0 fully saturated rings. The summed E-state index contributed by atoms with van der Waals surface area (Å²) in [4.78, 5) is 21.7. The first kappa shape index (κ1) is 10.5. The molecule has 0 saturated heterocycles. The van der Waals surface area contributed by atoms with E-state index in [9.17, 15) is 9.59 Å². The molecule has 14 heavy (non-hydrogen) atoms. The van der Waals surface area contributed by atoms with Crippen molar-refractivity contribution in [1.29, 1.82) is 0 Å². The van der Waals surface area contributed by atoms with Crippen molar-refractivity contribution < 1.29 is 20.4 Å². The Morgan fingerprint density at radius 1 is 0.786 bits per heavy atom. The summed E-state index contributed by atoms with van der Waals surface area (Å²) in [6.07, 6.45) is 0. The molecule has 0 amide bonds. The van der Waals surface area contributed by atoms with Gasteiger partial charge < -0.3 is 20.4 Å². The smallest absolute Gasteiger partial charge is 0.294 e. The van der Waals surface area contributed by atoms with Crippen LogP contribution in [0.4, 0.5) is 0 Å². The standard InChI is InChI=1S/C6H4O6S2/c7-3(8)1-2(4(9)10)14-6(12)5(11)13-1/h7-10H. The van der Waals surface area contributed by atoms with E-state index in [1.807, 2.05) is 0 Å². The molecule has 0 spiro atoms. The zero-order chi connectivity index (χ0) is 10.9. The van der Waals surface area contributed by atoms with E-state index < -0.39 is 30.4 Å². The highest BCUT2D eigenvalue weighted by molar-refractivity contribution is 7.14. The Morgan fingerprint density at radius 2 is 1.07 bits per heavy atom. The van der Waals surface area contributed by atoms with Gasteiger partial charge >= 0.3 is 0 Å². The van der Waals surface area contributed by atoms with Gasteiger partial charge in [0.2, 0.25) is 0 Å². The number of hydrogen-bond donors (Lipinski definition) is 4. The molecule has 0 aliphatic heterocycles. The van der Waals surface area contributed by atoms with E-state index in [2.05, 4.69) is 0 Å². The normalized spacial score (nSPS) is 9.71. The van der Waals surface area contributed by atoms with Crippen molar-refractivity contribution in [1.82, 2.24) is 0 Å². The average molecular weight is 236 g/mol. The number of rotatable bonds is 0. The lowest BCUT2D eigenvalue weighted by atomic mass is 10.7. The maximum absolute atomic E-state index is 10.8. The number of hydrogen-bond acceptors (Lipinski definition) is 8. The third-order valence-electron chi connectivity index (χ3n) is 1.17. The van der Waals surface area contributed by atoms with Gasteiger partial charge in [-0.2, -0.15) is 0 Å². The summed E-state index contributed by atoms with van der Waals surface area (Å²) in [5, 5.41) is 34.7. The summed E-state index contributed by atoms with van der Waals surface area (Å²) in [5.41, 5.74) is 0. The molecule has 0 unspecified atom stereocenters. The predicted molar refractivity (Wildman–Crippen MR) is 51.3 cm³/mol. The first-order valence-electron chi connectivity index (χ1n) is 3.12. The third-order valence-corrected chi connectivity index (χ3v) is 3.35. The molecule has 0 radical (unpaired) electrons. The summed E-state index contributed by atoms with van der Waals surface area (Å²) in [5.74, 6) is -2.47. The van der Waals surface area contributed by atoms with Crippen molar-refractivity contribution in [2.24, 2.45) is 0 Å². The second kappa shape index (κ2) is 3.68. The van der Waals surface area contributed by atoms with Crippen LogP contribution in [0.15, 0.2) is 9.59 Å². The largest absolute Gasteiger partial charge is 0.480 e. The van der Waals surface area contributed by atoms with Crippen molar-refractivity contribution in [2.45, 2.75) is 0 Å². The molecular weight excluding hydrogens is 232 g/mol. The lowest BCUT2D eigenvalue weighted by Gasteiger charge is -1.89. The van der Waals surface area contributed by atoms with Crippen LogP contribution in [0.5, 0.6) is 0 Å². The van der Waals surface area contributed by atoms with Crippen molar-refractivity contribution in [3.8, 4) is 0 Å². The quantitative estimate of drug-likeness (QED) is 0.425. The van der Waals surface area contributed by atoms with Gasteiger partial charge in [0.15, 0.2) is 0 Å². The minimum atomic E-state index is -1.24. The van der Waals surface area contributed by atoms with Gasteiger partial charge in [0.1, 0.15) is 9.06 Å². The minimum absolute atomic E-state index is 0.231. The van der Waals surface area contributed by atoms with Gasteiger partial charge in [0, 0.05) is 0 Å². The zero-order valence-corrected chi connectivity index (χ0v) is 8.05. The van der Waals surface area contributed by atoms with Crippen LogP contribution in [0.25, 0.3) is 11.9 Å². The van der Waals surface area contributed by atoms with Crippen LogP contribution in [0.1, 0.15) is 0 Å². The summed E-state index contributed by atoms with van der Waals surface area (Å²) >= 11 is 0.463. The van der Waals surface area contributed by atoms with Gasteiger partial charge in [-0.05, 0) is 0 Å². The molecule has 0 saturated carbocycles. The first-order chi connectivity index (χ1) is 6.43. The summed E-state index contributed by atoms with van der Waals surface area (Å²) in [6.45, 7) is 0. The van der Waals surface area contributed by atoms with E-state index in [0.717, 1.165) is 0 Å². The van der Waals surface area contributed by atoms with Crippen LogP contribution >= 0.6 is 22.7 Å². The molecule has 4 N–H and O–H groups in total. The Balaban J connectivity index is 4.07. The summed E-state index contributed by atoms with van der Waals surface area (Å²) < 4.78 is -2.70. The fourth-order valence-corrected chi connectivity index (χ4v) is 2.24. The second-order valence-electron chi connectivity index (χ2n) is 2.08. The lowest BCUT2D eigenvalue weighted by Crippen LogP contribution is -2.34. The van der Waals surface area contributed by atoms with Crippen LogP contribution in [0.3, 0.4) is 0 Å². The molecule has 1 aromatic heterocycles. The molecule has 8 heteroatoms. The molecule has 1 rings (SSSR count). The minimum Gasteiger partial charge on any atom is -0.480 e. The van der Waals surface area contributed by atoms with Crippen molar-refractivity contribution in [3.63, 3.8) is 0 Å². The van der Waals surface area contributed by atoms with E-state index in [4.69, 9.17) is 20.4 Å². The van der Waals surface area contributed by atoms with Gasteiger partial charge in [-0.1, -0.05) is 22.7 Å². The van der Waals surface area contributed by atoms with Crippen LogP contribution in [0.2, 0.25) is 0 Å². The monoisotopic (exact) mass is 236 g/mol. The second-order valence-corrected chi connectivity index (χ2v) is 4.05.